The molecule has 0 N–H and O–H groups in total. The van der Waals surface area contributed by atoms with Crippen LogP contribution in [0.1, 0.15) is 15.9 Å². The Morgan fingerprint density at radius 1 is 0.970 bits per heavy atom. The Morgan fingerprint density at radius 2 is 1.70 bits per heavy atom. The van der Waals surface area contributed by atoms with Gasteiger partial charge in [-0.2, -0.15) is 0 Å². The Morgan fingerprint density at radius 3 is 2.33 bits per heavy atom. The van der Waals surface area contributed by atoms with Gasteiger partial charge < -0.3 is 9.80 Å². The summed E-state index contributed by atoms with van der Waals surface area (Å²) in [4.78, 5) is 31.4. The second kappa shape index (κ2) is 9.37. The maximum absolute atomic E-state index is 13.0. The Kier molecular flexibility index (Phi) is 6.36. The van der Waals surface area contributed by atoms with Gasteiger partial charge in [0.05, 0.1) is 15.6 Å². The van der Waals surface area contributed by atoms with E-state index in [0.717, 1.165) is 0 Å². The van der Waals surface area contributed by atoms with Gasteiger partial charge in [-0.1, -0.05) is 30.3 Å². The molecule has 170 valence electrons. The second-order valence-electron chi connectivity index (χ2n) is 7.68. The van der Waals surface area contributed by atoms with Gasteiger partial charge >= 0.3 is 0 Å². The molecule has 1 aliphatic heterocycles. The Labute approximate surface area is 191 Å². The zero-order valence-corrected chi connectivity index (χ0v) is 18.5. The number of nitrogens with zero attached hydrogens (tertiary/aromatic N) is 4. The lowest BCUT2D eigenvalue weighted by atomic mass is 10.1. The minimum absolute atomic E-state index is 0.0678. The standard InChI is InChI=1S/C23H22N4O5S/c28-23(26-13-11-25(12-14-26)22-10-9-20(16-24-22)27(29)30)19-6-4-5-18(15-19)17-33(31,32)21-7-2-1-3-8-21/h1-10,15-16H,11-14,17H2. The van der Waals surface area contributed by atoms with Crippen molar-refractivity contribution in [2.45, 2.75) is 10.6 Å². The lowest BCUT2D eigenvalue weighted by Gasteiger charge is -2.35. The van der Waals surface area contributed by atoms with Gasteiger partial charge in [0.15, 0.2) is 9.84 Å². The maximum Gasteiger partial charge on any atom is 0.287 e. The molecule has 1 aliphatic rings. The number of hydrogen-bond acceptors (Lipinski definition) is 7. The maximum atomic E-state index is 13.0. The molecule has 1 aromatic heterocycles. The summed E-state index contributed by atoms with van der Waals surface area (Å²) >= 11 is 0. The molecule has 9 nitrogen and oxygen atoms in total. The number of rotatable bonds is 6. The fourth-order valence-corrected chi connectivity index (χ4v) is 5.08. The number of pyridine rings is 1. The molecule has 2 aromatic carbocycles. The summed E-state index contributed by atoms with van der Waals surface area (Å²) < 4.78 is 25.3. The Balaban J connectivity index is 1.40. The number of anilines is 1. The normalized spacial score (nSPS) is 14.2. The summed E-state index contributed by atoms with van der Waals surface area (Å²) in [6.45, 7) is 2.01. The summed E-state index contributed by atoms with van der Waals surface area (Å²) in [7, 11) is -3.51. The third-order valence-corrected chi connectivity index (χ3v) is 7.17. The lowest BCUT2D eigenvalue weighted by Crippen LogP contribution is -2.49. The van der Waals surface area contributed by atoms with Crippen LogP contribution in [0.3, 0.4) is 0 Å². The van der Waals surface area contributed by atoms with Crippen LogP contribution in [0.5, 0.6) is 0 Å². The van der Waals surface area contributed by atoms with E-state index in [0.29, 0.717) is 43.1 Å². The fraction of sp³-hybridized carbons (Fsp3) is 0.217. The molecule has 0 radical (unpaired) electrons. The predicted molar refractivity (Wildman–Crippen MR) is 123 cm³/mol. The SMILES string of the molecule is O=C(c1cccc(CS(=O)(=O)c2ccccc2)c1)N1CCN(c2ccc([N+](=O)[O-])cn2)CC1. The molecule has 0 aliphatic carbocycles. The van der Waals surface area contributed by atoms with Gasteiger partial charge in [0.1, 0.15) is 12.0 Å². The zero-order chi connectivity index (χ0) is 23.4. The highest BCUT2D eigenvalue weighted by Crippen LogP contribution is 2.20. The number of carbonyl (C=O) groups is 1. The van der Waals surface area contributed by atoms with E-state index in [-0.39, 0.29) is 22.2 Å². The van der Waals surface area contributed by atoms with Crippen LogP contribution in [0.15, 0.2) is 77.8 Å². The Hall–Kier alpha value is -3.79. The smallest absolute Gasteiger partial charge is 0.287 e. The number of aromatic nitrogens is 1. The number of amides is 1. The molecule has 0 saturated carbocycles. The van der Waals surface area contributed by atoms with Crippen molar-refractivity contribution in [3.63, 3.8) is 0 Å². The van der Waals surface area contributed by atoms with Gasteiger partial charge in [0.25, 0.3) is 11.6 Å². The van der Waals surface area contributed by atoms with Crippen LogP contribution in [-0.2, 0) is 15.6 Å². The summed E-state index contributed by atoms with van der Waals surface area (Å²) in [5, 5.41) is 10.8. The highest BCUT2D eigenvalue weighted by molar-refractivity contribution is 7.90. The van der Waals surface area contributed by atoms with Crippen molar-refractivity contribution in [3.05, 3.63) is 94.2 Å². The average molecular weight is 467 g/mol. The average Bonchev–Trinajstić information content (AvgIpc) is 2.84. The van der Waals surface area contributed by atoms with Crippen LogP contribution in [0.2, 0.25) is 0 Å². The van der Waals surface area contributed by atoms with E-state index in [1.165, 1.54) is 12.3 Å². The molecule has 33 heavy (non-hydrogen) atoms. The minimum Gasteiger partial charge on any atom is -0.353 e. The van der Waals surface area contributed by atoms with Gasteiger partial charge in [0.2, 0.25) is 0 Å². The number of piperazine rings is 1. The first kappa shape index (κ1) is 22.4. The first-order chi connectivity index (χ1) is 15.8. The van der Waals surface area contributed by atoms with Crippen molar-refractivity contribution < 1.29 is 18.1 Å². The second-order valence-corrected chi connectivity index (χ2v) is 9.67. The van der Waals surface area contributed by atoms with Crippen LogP contribution < -0.4 is 4.90 Å². The summed E-state index contributed by atoms with van der Waals surface area (Å²) in [5.41, 5.74) is 0.929. The van der Waals surface area contributed by atoms with Gasteiger partial charge in [-0.05, 0) is 35.9 Å². The topological polar surface area (TPSA) is 114 Å². The van der Waals surface area contributed by atoms with Crippen LogP contribution in [0.25, 0.3) is 0 Å². The number of carbonyl (C=O) groups excluding carboxylic acids is 1. The van der Waals surface area contributed by atoms with Crippen molar-refractivity contribution in [1.82, 2.24) is 9.88 Å². The molecule has 4 rings (SSSR count). The van der Waals surface area contributed by atoms with Crippen LogP contribution in [0, 0.1) is 10.1 Å². The summed E-state index contributed by atoms with van der Waals surface area (Å²) in [5.74, 6) is 0.281. The van der Waals surface area contributed by atoms with Gasteiger partial charge in [-0.3, -0.25) is 14.9 Å². The van der Waals surface area contributed by atoms with Gasteiger partial charge in [-0.25, -0.2) is 13.4 Å². The number of hydrogen-bond donors (Lipinski definition) is 0. The third kappa shape index (κ3) is 5.17. The van der Waals surface area contributed by atoms with Crippen molar-refractivity contribution in [2.24, 2.45) is 0 Å². The van der Waals surface area contributed by atoms with Crippen molar-refractivity contribution in [2.75, 3.05) is 31.1 Å². The van der Waals surface area contributed by atoms with Crippen molar-refractivity contribution in [3.8, 4) is 0 Å². The fourth-order valence-electron chi connectivity index (χ4n) is 3.72. The number of sulfone groups is 1. The van der Waals surface area contributed by atoms with E-state index in [9.17, 15) is 23.3 Å². The molecule has 0 spiro atoms. The highest BCUT2D eigenvalue weighted by Gasteiger charge is 2.24. The first-order valence-corrected chi connectivity index (χ1v) is 12.0. The number of nitro groups is 1. The highest BCUT2D eigenvalue weighted by atomic mass is 32.2. The quantitative estimate of drug-likeness (QED) is 0.405. The largest absolute Gasteiger partial charge is 0.353 e. The van der Waals surface area contributed by atoms with E-state index < -0.39 is 14.8 Å². The molecule has 2 heterocycles. The van der Waals surface area contributed by atoms with Crippen LogP contribution in [0.4, 0.5) is 11.5 Å². The molecule has 1 fully saturated rings. The summed E-state index contributed by atoms with van der Waals surface area (Å²) in [6.07, 6.45) is 1.22. The molecule has 0 bridgehead atoms. The van der Waals surface area contributed by atoms with Crippen molar-refractivity contribution in [1.29, 1.82) is 0 Å². The van der Waals surface area contributed by atoms with E-state index >= 15 is 0 Å². The lowest BCUT2D eigenvalue weighted by molar-refractivity contribution is -0.385. The molecule has 10 heteroatoms. The van der Waals surface area contributed by atoms with Crippen molar-refractivity contribution >= 4 is 27.2 Å². The monoisotopic (exact) mass is 466 g/mol. The molecular weight excluding hydrogens is 444 g/mol. The molecule has 0 unspecified atom stereocenters. The van der Waals surface area contributed by atoms with Gasteiger partial charge in [0, 0.05) is 37.8 Å². The molecule has 3 aromatic rings. The summed E-state index contributed by atoms with van der Waals surface area (Å²) in [6, 6.07) is 18.0. The third-order valence-electron chi connectivity index (χ3n) is 5.47. The zero-order valence-electron chi connectivity index (χ0n) is 17.7. The van der Waals surface area contributed by atoms with Gasteiger partial charge in [-0.15, -0.1) is 0 Å². The first-order valence-electron chi connectivity index (χ1n) is 10.3. The van der Waals surface area contributed by atoms with Crippen LogP contribution >= 0.6 is 0 Å². The van der Waals surface area contributed by atoms with E-state index in [1.807, 2.05) is 4.90 Å². The van der Waals surface area contributed by atoms with E-state index in [1.54, 1.807) is 65.6 Å². The molecule has 1 amide bonds. The minimum atomic E-state index is -3.51. The predicted octanol–water partition coefficient (Wildman–Crippen LogP) is 2.93. The van der Waals surface area contributed by atoms with E-state index in [4.69, 9.17) is 0 Å². The molecular formula is C23H22N4O5S. The van der Waals surface area contributed by atoms with E-state index in [2.05, 4.69) is 4.98 Å². The van der Waals surface area contributed by atoms with Crippen LogP contribution in [-0.4, -0.2) is 55.3 Å². The number of benzene rings is 2. The Bertz CT molecular complexity index is 1260. The molecule has 0 atom stereocenters. The molecule has 1 saturated heterocycles.